The van der Waals surface area contributed by atoms with Gasteiger partial charge in [-0.1, -0.05) is 22.7 Å². The van der Waals surface area contributed by atoms with Crippen molar-refractivity contribution in [2.75, 3.05) is 13.2 Å². The van der Waals surface area contributed by atoms with E-state index in [1.165, 1.54) is 12.1 Å². The van der Waals surface area contributed by atoms with Crippen molar-refractivity contribution >= 4 is 11.6 Å². The Kier molecular flexibility index (Phi) is 4.90. The topological polar surface area (TPSA) is 18.5 Å². The molecule has 0 aromatic heterocycles. The number of rotatable bonds is 2. The summed E-state index contributed by atoms with van der Waals surface area (Å²) in [7, 11) is 0. The van der Waals surface area contributed by atoms with Gasteiger partial charge in [-0.3, -0.25) is 0 Å². The first-order valence-electron chi connectivity index (χ1n) is 5.92. The van der Waals surface area contributed by atoms with Crippen molar-refractivity contribution in [1.29, 1.82) is 0 Å². The molecule has 0 radical (unpaired) electrons. The van der Waals surface area contributed by atoms with E-state index in [4.69, 9.17) is 21.1 Å². The average Bonchev–Trinajstić information content (AvgIpc) is 2.91. The number of halogens is 2. The van der Waals surface area contributed by atoms with E-state index >= 15 is 0 Å². The first-order valence-corrected chi connectivity index (χ1v) is 6.30. The minimum atomic E-state index is -1.02. The molecular weight excluding hydrogens is 274 g/mol. The van der Waals surface area contributed by atoms with Crippen LogP contribution in [0.15, 0.2) is 42.5 Å². The third kappa shape index (κ3) is 2.78. The van der Waals surface area contributed by atoms with Crippen molar-refractivity contribution in [2.24, 2.45) is 0 Å². The summed E-state index contributed by atoms with van der Waals surface area (Å²) in [4.78, 5) is 0. The van der Waals surface area contributed by atoms with Crippen molar-refractivity contribution in [3.63, 3.8) is 0 Å². The van der Waals surface area contributed by atoms with Crippen molar-refractivity contribution in [1.82, 2.24) is 0 Å². The molecule has 1 saturated heterocycles. The smallest absolute Gasteiger partial charge is 0.341 e. The quantitative estimate of drug-likeness (QED) is 0.592. The zero-order valence-corrected chi connectivity index (χ0v) is 11.8. The Balaban J connectivity index is 0.00000147. The van der Waals surface area contributed by atoms with Crippen LogP contribution in [0.5, 0.6) is 0 Å². The van der Waals surface area contributed by atoms with Crippen LogP contribution >= 0.6 is 11.6 Å². The van der Waals surface area contributed by atoms with Crippen molar-refractivity contribution in [3.05, 3.63) is 70.5 Å². The van der Waals surface area contributed by atoms with Gasteiger partial charge in [0.2, 0.25) is 0 Å². The fourth-order valence-corrected chi connectivity index (χ4v) is 2.29. The van der Waals surface area contributed by atoms with Crippen LogP contribution in [0.2, 0.25) is 5.02 Å². The molecule has 0 amide bonds. The zero-order valence-electron chi connectivity index (χ0n) is 11.0. The van der Waals surface area contributed by atoms with E-state index in [0.29, 0.717) is 18.2 Å². The molecule has 2 nitrogen and oxygen atoms in total. The Morgan fingerprint density at radius 2 is 1.70 bits per heavy atom. The van der Waals surface area contributed by atoms with E-state index in [1.807, 2.05) is 0 Å². The zero-order chi connectivity index (χ0) is 13.3. The first-order chi connectivity index (χ1) is 9.21. The molecule has 2 aromatic rings. The second kappa shape index (κ2) is 6.30. The molecule has 3 rings (SSSR count). The van der Waals surface area contributed by atoms with Gasteiger partial charge in [0, 0.05) is 5.56 Å². The monoisotopic (exact) mass is 284 g/mol. The number of benzene rings is 2. The van der Waals surface area contributed by atoms with E-state index in [9.17, 15) is 4.39 Å². The third-order valence-corrected chi connectivity index (χ3v) is 3.28. The second-order valence-electron chi connectivity index (χ2n) is 4.24. The summed E-state index contributed by atoms with van der Waals surface area (Å²) in [5.74, 6) is -1.31. The van der Waals surface area contributed by atoms with Gasteiger partial charge < -0.3 is 9.47 Å². The normalized spacial score (nSPS) is 16.7. The van der Waals surface area contributed by atoms with Crippen LogP contribution < -0.4 is 18.9 Å². The van der Waals surface area contributed by atoms with Crippen LogP contribution in [0, 0.1) is 11.9 Å². The molecule has 1 aliphatic heterocycles. The van der Waals surface area contributed by atoms with Gasteiger partial charge in [-0.25, -0.2) is 4.39 Å². The Morgan fingerprint density at radius 3 is 2.25 bits per heavy atom. The van der Waals surface area contributed by atoms with Crippen molar-refractivity contribution in [3.8, 4) is 0 Å². The second-order valence-corrected chi connectivity index (χ2v) is 4.68. The first kappa shape index (κ1) is 15.6. The van der Waals surface area contributed by atoms with Gasteiger partial charge in [0.25, 0.3) is 0 Å². The molecule has 20 heavy (non-hydrogen) atoms. The SMILES string of the molecule is Fc1ccc(C2(c3[c-]cc(Cl)cc3)OCCO2)cc1.[Li+]. The van der Waals surface area contributed by atoms with E-state index in [1.54, 1.807) is 30.3 Å². The van der Waals surface area contributed by atoms with Crippen LogP contribution in [0.3, 0.4) is 0 Å². The largest absolute Gasteiger partial charge is 1.00 e. The Bertz CT molecular complexity index is 518. The number of hydrogen-bond donors (Lipinski definition) is 0. The Morgan fingerprint density at radius 1 is 1.05 bits per heavy atom. The van der Waals surface area contributed by atoms with Crippen LogP contribution in [-0.2, 0) is 15.3 Å². The molecule has 1 fully saturated rings. The summed E-state index contributed by atoms with van der Waals surface area (Å²) in [6.45, 7) is 0.960. The van der Waals surface area contributed by atoms with Crippen LogP contribution in [0.25, 0.3) is 0 Å². The Hall–Kier alpha value is -0.823. The summed E-state index contributed by atoms with van der Waals surface area (Å²) in [5.41, 5.74) is 1.46. The van der Waals surface area contributed by atoms with E-state index in [0.717, 1.165) is 11.1 Å². The predicted octanol–water partition coefficient (Wildman–Crippen LogP) is 0.531. The van der Waals surface area contributed by atoms with Gasteiger partial charge >= 0.3 is 18.9 Å². The minimum absolute atomic E-state index is 0. The molecule has 0 bridgehead atoms. The summed E-state index contributed by atoms with van der Waals surface area (Å²) in [6, 6.07) is 14.4. The number of hydrogen-bond acceptors (Lipinski definition) is 2. The summed E-state index contributed by atoms with van der Waals surface area (Å²) >= 11 is 5.87. The van der Waals surface area contributed by atoms with Crippen molar-refractivity contribution < 1.29 is 32.7 Å². The molecule has 0 saturated carbocycles. The molecule has 2 aromatic carbocycles. The number of ether oxygens (including phenoxy) is 2. The molecule has 0 aliphatic carbocycles. The molecule has 0 atom stereocenters. The molecule has 98 valence electrons. The van der Waals surface area contributed by atoms with Gasteiger partial charge in [0.1, 0.15) is 5.82 Å². The van der Waals surface area contributed by atoms with Gasteiger partial charge in [-0.05, 0) is 12.1 Å². The molecule has 0 N–H and O–H groups in total. The fourth-order valence-electron chi connectivity index (χ4n) is 2.17. The molecular formula is C15H11ClFLiO2. The van der Waals surface area contributed by atoms with Crippen LogP contribution in [0.1, 0.15) is 11.1 Å². The third-order valence-electron chi connectivity index (χ3n) is 3.05. The summed E-state index contributed by atoms with van der Waals surface area (Å²) in [5, 5.41) is 0.594. The minimum Gasteiger partial charge on any atom is -0.341 e. The van der Waals surface area contributed by atoms with Gasteiger partial charge in [-0.15, -0.1) is 0 Å². The van der Waals surface area contributed by atoms with Crippen LogP contribution in [-0.4, -0.2) is 13.2 Å². The van der Waals surface area contributed by atoms with Crippen LogP contribution in [0.4, 0.5) is 4.39 Å². The standard InChI is InChI=1S/C15H11ClFO2.Li/c16-13-5-1-11(2-6-13)15(18-9-10-19-15)12-3-7-14(17)8-4-12;/h1,3-8H,9-10H2;/q-1;+1. The van der Waals surface area contributed by atoms with Gasteiger partial charge in [-0.2, -0.15) is 35.9 Å². The molecule has 0 unspecified atom stereocenters. The maximum atomic E-state index is 13.0. The van der Waals surface area contributed by atoms with Crippen molar-refractivity contribution in [2.45, 2.75) is 5.79 Å². The summed E-state index contributed by atoms with van der Waals surface area (Å²) < 4.78 is 24.6. The molecule has 1 heterocycles. The Labute approximate surface area is 134 Å². The maximum Gasteiger partial charge on any atom is 1.00 e. The van der Waals surface area contributed by atoms with E-state index in [-0.39, 0.29) is 24.7 Å². The molecule has 0 spiro atoms. The van der Waals surface area contributed by atoms with E-state index < -0.39 is 5.79 Å². The predicted molar refractivity (Wildman–Crippen MR) is 69.4 cm³/mol. The van der Waals surface area contributed by atoms with Gasteiger partial charge in [0.15, 0.2) is 5.79 Å². The maximum absolute atomic E-state index is 13.0. The molecule has 5 heteroatoms. The molecule has 1 aliphatic rings. The average molecular weight is 285 g/mol. The van der Waals surface area contributed by atoms with Gasteiger partial charge in [0.05, 0.1) is 13.2 Å². The summed E-state index contributed by atoms with van der Waals surface area (Å²) in [6.07, 6.45) is 0. The fraction of sp³-hybridized carbons (Fsp3) is 0.200. The van der Waals surface area contributed by atoms with E-state index in [2.05, 4.69) is 6.07 Å².